The highest BCUT2D eigenvalue weighted by Gasteiger charge is 2.18. The lowest BCUT2D eigenvalue weighted by atomic mass is 9.99. The van der Waals surface area contributed by atoms with Crippen molar-refractivity contribution < 1.29 is 4.79 Å². The van der Waals surface area contributed by atoms with E-state index in [1.54, 1.807) is 11.3 Å². The number of hydrogen-bond donors (Lipinski definition) is 1. The lowest BCUT2D eigenvalue weighted by Crippen LogP contribution is -2.19. The maximum atomic E-state index is 12.0. The van der Waals surface area contributed by atoms with E-state index in [1.165, 1.54) is 36.1 Å². The van der Waals surface area contributed by atoms with Gasteiger partial charge in [-0.05, 0) is 56.6 Å². The molecule has 18 heavy (non-hydrogen) atoms. The molecule has 0 aromatic carbocycles. The first kappa shape index (κ1) is 11.9. The second kappa shape index (κ2) is 5.22. The zero-order chi connectivity index (χ0) is 12.4. The predicted molar refractivity (Wildman–Crippen MR) is 74.3 cm³/mol. The van der Waals surface area contributed by atoms with Gasteiger partial charge in [-0.25, -0.2) is 5.43 Å². The van der Waals surface area contributed by atoms with Crippen LogP contribution in [0.2, 0.25) is 0 Å². The fraction of sp³-hybridized carbons (Fsp3) is 0.571. The van der Waals surface area contributed by atoms with E-state index < -0.39 is 0 Å². The molecule has 1 heterocycles. The first-order valence-electron chi connectivity index (χ1n) is 6.80. The molecule has 0 saturated heterocycles. The second-order valence-corrected chi connectivity index (χ2v) is 6.23. The van der Waals surface area contributed by atoms with Crippen LogP contribution in [0.1, 0.15) is 58.6 Å². The topological polar surface area (TPSA) is 41.5 Å². The van der Waals surface area contributed by atoms with Crippen molar-refractivity contribution in [3.05, 3.63) is 21.4 Å². The number of nitrogens with zero attached hydrogens (tertiary/aromatic N) is 1. The Hall–Kier alpha value is -1.16. The Morgan fingerprint density at radius 3 is 2.72 bits per heavy atom. The third-order valence-electron chi connectivity index (χ3n) is 3.72. The molecule has 2 aliphatic carbocycles. The number of aryl methyl sites for hydroxylation is 2. The first-order valence-corrected chi connectivity index (χ1v) is 7.62. The molecule has 0 bridgehead atoms. The SMILES string of the molecule is O=C(NN=C1CCCCC1)c1cc2c(s1)CCC2. The van der Waals surface area contributed by atoms with Crippen molar-refractivity contribution in [3.63, 3.8) is 0 Å². The van der Waals surface area contributed by atoms with Crippen LogP contribution in [-0.4, -0.2) is 11.6 Å². The van der Waals surface area contributed by atoms with Gasteiger partial charge < -0.3 is 0 Å². The molecule has 96 valence electrons. The number of fused-ring (bicyclic) bond motifs is 1. The summed E-state index contributed by atoms with van der Waals surface area (Å²) >= 11 is 1.64. The van der Waals surface area contributed by atoms with Crippen LogP contribution in [-0.2, 0) is 12.8 Å². The molecule has 0 spiro atoms. The molecule has 2 aliphatic rings. The molecule has 1 N–H and O–H groups in total. The molecular formula is C14H18N2OS. The number of amides is 1. The monoisotopic (exact) mass is 262 g/mol. The van der Waals surface area contributed by atoms with E-state index in [-0.39, 0.29) is 5.91 Å². The number of hydrogen-bond acceptors (Lipinski definition) is 3. The lowest BCUT2D eigenvalue weighted by Gasteiger charge is -2.11. The van der Waals surface area contributed by atoms with Crippen molar-refractivity contribution in [3.8, 4) is 0 Å². The van der Waals surface area contributed by atoms with Crippen LogP contribution in [0.4, 0.5) is 0 Å². The highest BCUT2D eigenvalue weighted by atomic mass is 32.1. The van der Waals surface area contributed by atoms with E-state index in [4.69, 9.17) is 0 Å². The number of hydrazone groups is 1. The molecule has 3 rings (SSSR count). The van der Waals surface area contributed by atoms with Crippen LogP contribution in [0.15, 0.2) is 11.2 Å². The largest absolute Gasteiger partial charge is 0.281 e. The zero-order valence-corrected chi connectivity index (χ0v) is 11.3. The number of carbonyl (C=O) groups is 1. The second-order valence-electron chi connectivity index (χ2n) is 5.09. The highest BCUT2D eigenvalue weighted by Crippen LogP contribution is 2.30. The van der Waals surface area contributed by atoms with Crippen molar-refractivity contribution in [1.29, 1.82) is 0 Å². The number of thiophene rings is 1. The van der Waals surface area contributed by atoms with Crippen molar-refractivity contribution in [1.82, 2.24) is 5.43 Å². The molecular weight excluding hydrogens is 244 g/mol. The molecule has 0 unspecified atom stereocenters. The third-order valence-corrected chi connectivity index (χ3v) is 4.95. The zero-order valence-electron chi connectivity index (χ0n) is 10.5. The summed E-state index contributed by atoms with van der Waals surface area (Å²) in [4.78, 5) is 14.2. The summed E-state index contributed by atoms with van der Waals surface area (Å²) in [6, 6.07) is 2.05. The molecule has 1 saturated carbocycles. The van der Waals surface area contributed by atoms with Crippen LogP contribution in [0, 0.1) is 0 Å². The van der Waals surface area contributed by atoms with Crippen molar-refractivity contribution in [2.75, 3.05) is 0 Å². The summed E-state index contributed by atoms with van der Waals surface area (Å²) in [5.74, 6) is -0.0347. The van der Waals surface area contributed by atoms with E-state index in [9.17, 15) is 4.79 Å². The molecule has 1 fully saturated rings. The van der Waals surface area contributed by atoms with Crippen molar-refractivity contribution >= 4 is 23.0 Å². The molecule has 4 heteroatoms. The van der Waals surface area contributed by atoms with Gasteiger partial charge in [0.25, 0.3) is 5.91 Å². The third kappa shape index (κ3) is 2.48. The van der Waals surface area contributed by atoms with Crippen LogP contribution >= 0.6 is 11.3 Å². The van der Waals surface area contributed by atoms with Crippen molar-refractivity contribution in [2.45, 2.75) is 51.4 Å². The van der Waals surface area contributed by atoms with Gasteiger partial charge in [0.1, 0.15) is 0 Å². The smallest absolute Gasteiger partial charge is 0.266 e. The van der Waals surface area contributed by atoms with Gasteiger partial charge >= 0.3 is 0 Å². The Bertz CT molecular complexity index is 460. The minimum atomic E-state index is -0.0347. The number of rotatable bonds is 2. The van der Waals surface area contributed by atoms with Gasteiger partial charge in [-0.15, -0.1) is 11.3 Å². The van der Waals surface area contributed by atoms with Gasteiger partial charge in [0.15, 0.2) is 0 Å². The minimum Gasteiger partial charge on any atom is -0.266 e. The van der Waals surface area contributed by atoms with Crippen LogP contribution in [0.5, 0.6) is 0 Å². The summed E-state index contributed by atoms with van der Waals surface area (Å²) < 4.78 is 0. The average Bonchev–Trinajstić information content (AvgIpc) is 2.98. The van der Waals surface area contributed by atoms with E-state index in [1.807, 2.05) is 6.07 Å². The summed E-state index contributed by atoms with van der Waals surface area (Å²) in [5.41, 5.74) is 5.24. The quantitative estimate of drug-likeness (QED) is 0.816. The molecule has 1 aromatic rings. The molecule has 1 aromatic heterocycles. The Morgan fingerprint density at radius 1 is 1.11 bits per heavy atom. The van der Waals surface area contributed by atoms with Crippen LogP contribution in [0.25, 0.3) is 0 Å². The number of carbonyl (C=O) groups excluding carboxylic acids is 1. The van der Waals surface area contributed by atoms with Crippen molar-refractivity contribution in [2.24, 2.45) is 5.10 Å². The number of nitrogens with one attached hydrogen (secondary N) is 1. The Labute approximate surface area is 111 Å². The van der Waals surface area contributed by atoms with E-state index in [2.05, 4.69) is 10.5 Å². The minimum absolute atomic E-state index is 0.0347. The fourth-order valence-electron chi connectivity index (χ4n) is 2.70. The summed E-state index contributed by atoms with van der Waals surface area (Å²) in [6.45, 7) is 0. The van der Waals surface area contributed by atoms with Crippen LogP contribution in [0.3, 0.4) is 0 Å². The molecule has 0 aliphatic heterocycles. The van der Waals surface area contributed by atoms with Gasteiger partial charge in [-0.3, -0.25) is 4.79 Å². The van der Waals surface area contributed by atoms with E-state index >= 15 is 0 Å². The first-order chi connectivity index (χ1) is 8.83. The highest BCUT2D eigenvalue weighted by molar-refractivity contribution is 7.14. The fourth-order valence-corrected chi connectivity index (χ4v) is 3.84. The maximum Gasteiger partial charge on any atom is 0.281 e. The summed E-state index contributed by atoms with van der Waals surface area (Å²) in [7, 11) is 0. The molecule has 3 nitrogen and oxygen atoms in total. The Balaban J connectivity index is 1.63. The maximum absolute atomic E-state index is 12.0. The Kier molecular flexibility index (Phi) is 3.46. The summed E-state index contributed by atoms with van der Waals surface area (Å²) in [6.07, 6.45) is 9.32. The molecule has 1 amide bonds. The van der Waals surface area contributed by atoms with E-state index in [0.717, 1.165) is 36.3 Å². The standard InChI is InChI=1S/C14H18N2OS/c17-14(16-15-11-6-2-1-3-7-11)13-9-10-5-4-8-12(10)18-13/h9H,1-8H2,(H,16,17). The van der Waals surface area contributed by atoms with Gasteiger partial charge in [0, 0.05) is 10.6 Å². The predicted octanol–water partition coefficient (Wildman–Crippen LogP) is 3.29. The lowest BCUT2D eigenvalue weighted by molar-refractivity contribution is 0.0958. The van der Waals surface area contributed by atoms with Crippen LogP contribution < -0.4 is 5.43 Å². The Morgan fingerprint density at radius 2 is 1.94 bits per heavy atom. The average molecular weight is 262 g/mol. The normalized spacial score (nSPS) is 18.6. The van der Waals surface area contributed by atoms with E-state index in [0.29, 0.717) is 0 Å². The summed E-state index contributed by atoms with van der Waals surface area (Å²) in [5, 5.41) is 4.27. The molecule has 0 atom stereocenters. The van der Waals surface area contributed by atoms with Gasteiger partial charge in [-0.2, -0.15) is 5.10 Å². The van der Waals surface area contributed by atoms with Gasteiger partial charge in [0.05, 0.1) is 4.88 Å². The van der Waals surface area contributed by atoms with Gasteiger partial charge in [0.2, 0.25) is 0 Å². The molecule has 0 radical (unpaired) electrons. The van der Waals surface area contributed by atoms with Gasteiger partial charge in [-0.1, -0.05) is 6.42 Å².